The molecule has 2 aliphatic rings. The van der Waals surface area contributed by atoms with Crippen LogP contribution in [0.1, 0.15) is 46.6 Å². The first-order valence-electron chi connectivity index (χ1n) is 12.3. The number of aromatic nitrogens is 3. The lowest BCUT2D eigenvalue weighted by atomic mass is 10.0. The number of alkyl halides is 8. The normalized spacial score (nSPS) is 19.3. The quantitative estimate of drug-likeness (QED) is 0.202. The lowest BCUT2D eigenvalue weighted by Crippen LogP contribution is -2.35. The van der Waals surface area contributed by atoms with E-state index in [0.29, 0.717) is 6.07 Å². The Hall–Kier alpha value is -3.22. The molecule has 0 aliphatic heterocycles. The van der Waals surface area contributed by atoms with E-state index in [2.05, 4.69) is 47.3 Å². The maximum atomic E-state index is 14.9. The van der Waals surface area contributed by atoms with Crippen molar-refractivity contribution in [1.29, 1.82) is 0 Å². The molecule has 0 spiro atoms. The number of nitrogens with zero attached hydrogens (tertiary/aromatic N) is 3. The van der Waals surface area contributed by atoms with Crippen molar-refractivity contribution in [3.63, 3.8) is 0 Å². The van der Waals surface area contributed by atoms with Crippen LogP contribution in [0, 0.1) is 17.6 Å². The number of hydrogen-bond acceptors (Lipinski definition) is 4. The van der Waals surface area contributed by atoms with Crippen LogP contribution < -0.4 is 10.6 Å². The smallest absolute Gasteiger partial charge is 0.346 e. The maximum absolute atomic E-state index is 14.9. The van der Waals surface area contributed by atoms with Crippen LogP contribution in [-0.2, 0) is 34.7 Å². The topological polar surface area (TPSA) is 88.9 Å². The van der Waals surface area contributed by atoms with E-state index in [1.54, 1.807) is 5.32 Å². The summed E-state index contributed by atoms with van der Waals surface area (Å²) in [6.45, 7) is -1.11. The summed E-state index contributed by atoms with van der Waals surface area (Å²) in [4.78, 5) is 28.5. The molecule has 7 nitrogen and oxygen atoms in total. The molecule has 0 saturated heterocycles. The van der Waals surface area contributed by atoms with Gasteiger partial charge in [-0.05, 0) is 74.4 Å². The van der Waals surface area contributed by atoms with Gasteiger partial charge in [-0.1, -0.05) is 0 Å². The van der Waals surface area contributed by atoms with Gasteiger partial charge in [-0.15, -0.1) is 0 Å². The van der Waals surface area contributed by atoms with Crippen molar-refractivity contribution in [3.05, 3.63) is 73.2 Å². The van der Waals surface area contributed by atoms with Crippen LogP contribution in [0.3, 0.4) is 0 Å². The number of rotatable bonds is 7. The number of nitrogens with one attached hydrogen (secondary N) is 2. The second-order valence-corrected chi connectivity index (χ2v) is 11.7. The molecule has 2 aliphatic carbocycles. The van der Waals surface area contributed by atoms with Gasteiger partial charge in [-0.25, -0.2) is 13.8 Å². The van der Waals surface area contributed by atoms with Crippen molar-refractivity contribution < 1.29 is 53.5 Å². The van der Waals surface area contributed by atoms with E-state index in [1.165, 1.54) is 0 Å². The Balaban J connectivity index is 1.48. The second-order valence-electron chi connectivity index (χ2n) is 10.1. The highest BCUT2D eigenvalue weighted by Gasteiger charge is 2.68. The molecule has 2 amide bonds. The minimum absolute atomic E-state index is 0.0574. The molecule has 236 valence electrons. The molecule has 3 unspecified atom stereocenters. The average Bonchev–Trinajstić information content (AvgIpc) is 3.52. The first-order chi connectivity index (χ1) is 20.3. The summed E-state index contributed by atoms with van der Waals surface area (Å²) >= 11 is 5.96. The molecule has 3 aromatic rings. The predicted octanol–water partition coefficient (Wildman–Crippen LogP) is 6.91. The Kier molecular flexibility index (Phi) is 8.04. The predicted molar refractivity (Wildman–Crippen MR) is 137 cm³/mol. The zero-order chi connectivity index (χ0) is 32.5. The summed E-state index contributed by atoms with van der Waals surface area (Å²) < 4.78 is 137. The van der Waals surface area contributed by atoms with Crippen molar-refractivity contribution in [3.8, 4) is 0 Å². The molecule has 2 N–H and O–H groups in total. The van der Waals surface area contributed by atoms with E-state index in [1.807, 2.05) is 0 Å². The van der Waals surface area contributed by atoms with Gasteiger partial charge in [-0.2, -0.15) is 40.2 Å². The largest absolute Gasteiger partial charge is 0.471 e. The van der Waals surface area contributed by atoms with E-state index >= 15 is 0 Å². The van der Waals surface area contributed by atoms with E-state index < -0.39 is 95.2 Å². The summed E-state index contributed by atoms with van der Waals surface area (Å²) in [5.41, 5.74) is -3.92. The van der Waals surface area contributed by atoms with Gasteiger partial charge in [-0.3, -0.25) is 14.3 Å². The van der Waals surface area contributed by atoms with E-state index in [9.17, 15) is 53.5 Å². The lowest BCUT2D eigenvalue weighted by molar-refractivity contribution is -0.167. The van der Waals surface area contributed by atoms with E-state index in [0.717, 1.165) is 18.2 Å². The fourth-order valence-electron chi connectivity index (χ4n) is 5.15. The molecule has 44 heavy (non-hydrogen) atoms. The van der Waals surface area contributed by atoms with Crippen LogP contribution in [0.2, 0.25) is 0 Å². The number of carbonyl (C=O) groups excluding carboxylic acids is 2. The molecule has 0 radical (unpaired) electrons. The maximum Gasteiger partial charge on any atom is 0.471 e. The molecule has 1 fully saturated rings. The molecule has 0 bridgehead atoms. The van der Waals surface area contributed by atoms with Crippen LogP contribution in [0.15, 0.2) is 33.3 Å². The molecule has 2 aromatic heterocycles. The Morgan fingerprint density at radius 2 is 1.68 bits per heavy atom. The minimum atomic E-state index is -5.25. The van der Waals surface area contributed by atoms with Gasteiger partial charge in [0.2, 0.25) is 5.91 Å². The zero-order valence-electron chi connectivity index (χ0n) is 21.4. The van der Waals surface area contributed by atoms with E-state index in [-0.39, 0.29) is 31.4 Å². The number of pyridine rings is 1. The van der Waals surface area contributed by atoms with Crippen molar-refractivity contribution >= 4 is 49.4 Å². The highest BCUT2D eigenvalue weighted by molar-refractivity contribution is 9.11. The highest BCUT2D eigenvalue weighted by Crippen LogP contribution is 2.68. The molecular weight excluding hydrogens is 752 g/mol. The summed E-state index contributed by atoms with van der Waals surface area (Å²) in [6.07, 6.45) is -10.9. The standard InChI is InChI=1S/C25H15Br2F10N5O2/c26-13-6-15(39-22(44)25(35,36)37)21(27)40-18(13)14(3-8-1-9(28)4-10(29)2-8)38-16(43)7-42-20-17(19(41-42)24(32,33)34)11-5-12(11)23(20,30)31/h1-2,4,6,11-12,14H,3,5,7H2,(H,38,43)(H,39,44). The first-order valence-corrected chi connectivity index (χ1v) is 13.9. The number of halogens is 12. The summed E-state index contributed by atoms with van der Waals surface area (Å²) in [5, 5.41) is 7.22. The van der Waals surface area contributed by atoms with Gasteiger partial charge in [0.1, 0.15) is 28.5 Å². The molecule has 1 saturated carbocycles. The Morgan fingerprint density at radius 3 is 2.27 bits per heavy atom. The molecule has 19 heteroatoms. The summed E-state index contributed by atoms with van der Waals surface area (Å²) in [6, 6.07) is 1.94. The van der Waals surface area contributed by atoms with Crippen LogP contribution in [0.5, 0.6) is 0 Å². The molecule has 5 rings (SSSR count). The lowest BCUT2D eigenvalue weighted by Gasteiger charge is -2.22. The Labute approximate surface area is 256 Å². The number of fused-ring (bicyclic) bond motifs is 3. The van der Waals surface area contributed by atoms with Gasteiger partial charge in [0.15, 0.2) is 5.69 Å². The monoisotopic (exact) mass is 765 g/mol. The SMILES string of the molecule is O=C(Cn1nc(C(F)(F)F)c2c1C(F)(F)C1CC21)NC(Cc1cc(F)cc(F)c1)c1nc(Br)c(NC(=O)C(F)(F)F)cc1Br. The Bertz CT molecular complexity index is 1650. The van der Waals surface area contributed by atoms with Crippen LogP contribution >= 0.6 is 31.9 Å². The molecule has 2 heterocycles. The zero-order valence-corrected chi connectivity index (χ0v) is 24.5. The third kappa shape index (κ3) is 6.16. The second kappa shape index (κ2) is 11.0. The fraction of sp³-hybridized carbons (Fsp3) is 0.360. The number of hydrogen-bond donors (Lipinski definition) is 2. The number of amides is 2. The summed E-state index contributed by atoms with van der Waals surface area (Å²) in [7, 11) is 0. The minimum Gasteiger partial charge on any atom is -0.346 e. The Morgan fingerprint density at radius 1 is 1.05 bits per heavy atom. The highest BCUT2D eigenvalue weighted by atomic mass is 79.9. The average molecular weight is 767 g/mol. The third-order valence-corrected chi connectivity index (χ3v) is 8.22. The summed E-state index contributed by atoms with van der Waals surface area (Å²) in [5.74, 6) is -11.6. The fourth-order valence-corrected chi connectivity index (χ4v) is 6.15. The van der Waals surface area contributed by atoms with Gasteiger partial charge in [0, 0.05) is 22.0 Å². The van der Waals surface area contributed by atoms with Crippen molar-refractivity contribution in [1.82, 2.24) is 20.1 Å². The molecule has 3 atom stereocenters. The van der Waals surface area contributed by atoms with Crippen molar-refractivity contribution in [2.24, 2.45) is 5.92 Å². The van der Waals surface area contributed by atoms with Gasteiger partial charge in [0.05, 0.1) is 17.4 Å². The first kappa shape index (κ1) is 32.2. The van der Waals surface area contributed by atoms with Crippen LogP contribution in [0.4, 0.5) is 49.6 Å². The number of anilines is 1. The van der Waals surface area contributed by atoms with Crippen LogP contribution in [-0.4, -0.2) is 32.8 Å². The van der Waals surface area contributed by atoms with Crippen molar-refractivity contribution in [2.45, 2.75) is 49.6 Å². The van der Waals surface area contributed by atoms with Gasteiger partial charge < -0.3 is 10.6 Å². The van der Waals surface area contributed by atoms with E-state index in [4.69, 9.17) is 0 Å². The third-order valence-electron chi connectivity index (χ3n) is 6.98. The van der Waals surface area contributed by atoms with Gasteiger partial charge in [0.25, 0.3) is 5.92 Å². The van der Waals surface area contributed by atoms with Crippen molar-refractivity contribution in [2.75, 3.05) is 5.32 Å². The number of carbonyl (C=O) groups is 2. The number of benzene rings is 1. The van der Waals surface area contributed by atoms with Crippen LogP contribution in [0.25, 0.3) is 0 Å². The molecular formula is C25H15Br2F10N5O2. The van der Waals surface area contributed by atoms with Gasteiger partial charge >= 0.3 is 18.3 Å². The molecule has 1 aromatic carbocycles.